The van der Waals surface area contributed by atoms with Crippen LogP contribution in [0, 0.1) is 0 Å². The minimum atomic E-state index is -0.399. The summed E-state index contributed by atoms with van der Waals surface area (Å²) in [6, 6.07) is 83.1. The lowest BCUT2D eigenvalue weighted by Crippen LogP contribution is -1.91. The molecule has 0 N–H and O–H groups in total. The number of para-hydroxylation sites is 2. The highest BCUT2D eigenvalue weighted by Crippen LogP contribution is 2.48. The summed E-state index contributed by atoms with van der Waals surface area (Å²) in [6.45, 7) is 0. The fourth-order valence-electron chi connectivity index (χ4n) is 12.7. The zero-order chi connectivity index (χ0) is 64.2. The molecule has 0 saturated heterocycles. The van der Waals surface area contributed by atoms with Gasteiger partial charge in [-0.05, 0) is 146 Å². The SMILES string of the molecule is [2H]c1c([2H])c([2H])c(-c2c3ccccc3c(-c3ccc(-c4ccc5oc6ccccc6c5c4)cc3)c3ccccc23)c([2H])c1[2H].[2H]c1c([2H])c([2H])c(-c2c3ccccc3c(-c3ccc(-c4ccc5oc6ccccc6c5c4-c4ccccc4)cc3)c3ccccc23)c([2H])c1[2H]. The fraction of sp³-hybridized carbons (Fsp3) is 0. The summed E-state index contributed by atoms with van der Waals surface area (Å²) in [5, 5.41) is 11.5. The smallest absolute Gasteiger partial charge is 0.136 e. The van der Waals surface area contributed by atoms with Gasteiger partial charge in [-0.15, -0.1) is 0 Å². The number of benzene rings is 15. The Balaban J connectivity index is 0.000000150. The predicted octanol–water partition coefficient (Wildman–Crippen LogP) is 23.5. The van der Waals surface area contributed by atoms with E-state index in [1.165, 1.54) is 0 Å². The molecule has 84 heavy (non-hydrogen) atoms. The van der Waals surface area contributed by atoms with E-state index in [1.807, 2.05) is 133 Å². The van der Waals surface area contributed by atoms with Crippen molar-refractivity contribution in [3.05, 3.63) is 315 Å². The van der Waals surface area contributed by atoms with Gasteiger partial charge in [-0.3, -0.25) is 0 Å². The van der Waals surface area contributed by atoms with Crippen molar-refractivity contribution in [2.24, 2.45) is 0 Å². The molecular formula is C82H52O2. The zero-order valence-electron chi connectivity index (χ0n) is 55.1. The average molecular weight is 1080 g/mol. The first-order valence-corrected chi connectivity index (χ1v) is 28.0. The standard InChI is InChI=1S/C44H28O.C38H24O/c1-3-13-30(14-4-1)41-34-17-7-9-19-36(34)42(37-20-10-8-18-35(37)41)32-25-23-29(24-26-32)33-27-28-40-44(38-21-11-12-22-39(38)45-40)43(33)31-15-5-2-6-16-31;1-2-10-26(11-3-1)37-30-13-4-6-15-32(30)38(33-16-7-5-14-31(33)37)27-20-18-25(19-21-27)28-22-23-36-34(24-28)29-12-8-9-17-35(29)39-36/h1-28H;1-24H/i1D,3D,4D,13D,14D;1D,2D,3D,10D,11D. The van der Waals surface area contributed by atoms with E-state index in [0.29, 0.717) is 11.1 Å². The number of rotatable bonds is 7. The molecule has 0 atom stereocenters. The van der Waals surface area contributed by atoms with Crippen molar-refractivity contribution in [3.8, 4) is 77.9 Å². The van der Waals surface area contributed by atoms with Crippen molar-refractivity contribution in [1.29, 1.82) is 0 Å². The van der Waals surface area contributed by atoms with Gasteiger partial charge in [-0.1, -0.05) is 285 Å². The maximum Gasteiger partial charge on any atom is 0.136 e. The Morgan fingerprint density at radius 2 is 0.536 bits per heavy atom. The van der Waals surface area contributed by atoms with Crippen LogP contribution in [0.25, 0.3) is 165 Å². The molecule has 0 saturated carbocycles. The molecule has 0 unspecified atom stereocenters. The molecule has 2 aromatic heterocycles. The first kappa shape index (κ1) is 39.4. The van der Waals surface area contributed by atoms with Gasteiger partial charge in [-0.2, -0.15) is 0 Å². The van der Waals surface area contributed by atoms with Crippen LogP contribution in [0.2, 0.25) is 0 Å². The van der Waals surface area contributed by atoms with Gasteiger partial charge in [0.15, 0.2) is 0 Å². The van der Waals surface area contributed by atoms with Crippen LogP contribution in [0.15, 0.2) is 324 Å². The molecule has 17 aromatic rings. The lowest BCUT2D eigenvalue weighted by Gasteiger charge is -2.18. The van der Waals surface area contributed by atoms with Crippen LogP contribution in [0.5, 0.6) is 0 Å². The van der Waals surface area contributed by atoms with E-state index < -0.39 is 12.1 Å². The molecule has 2 heteroatoms. The maximum atomic E-state index is 8.83. The van der Waals surface area contributed by atoms with Crippen LogP contribution >= 0.6 is 0 Å². The number of furan rings is 2. The molecule has 392 valence electrons. The molecule has 0 aliphatic heterocycles. The second kappa shape index (κ2) is 20.5. The minimum absolute atomic E-state index is 0.203. The van der Waals surface area contributed by atoms with Gasteiger partial charge in [0.25, 0.3) is 0 Å². The monoisotopic (exact) mass is 1080 g/mol. The largest absolute Gasteiger partial charge is 0.456 e. The van der Waals surface area contributed by atoms with Crippen molar-refractivity contribution >= 4 is 87.0 Å². The third-order valence-corrected chi connectivity index (χ3v) is 16.3. The van der Waals surface area contributed by atoms with Crippen LogP contribution in [0.4, 0.5) is 0 Å². The Morgan fingerprint density at radius 3 is 1.02 bits per heavy atom. The number of hydrogen-bond donors (Lipinski definition) is 0. The molecule has 0 aliphatic rings. The summed E-state index contributed by atoms with van der Waals surface area (Å²) in [6.07, 6.45) is 0. The third kappa shape index (κ3) is 8.26. The van der Waals surface area contributed by atoms with Crippen LogP contribution in [-0.4, -0.2) is 0 Å². The molecule has 17 rings (SSSR count). The van der Waals surface area contributed by atoms with Crippen LogP contribution in [0.1, 0.15) is 13.7 Å². The van der Waals surface area contributed by atoms with Crippen molar-refractivity contribution < 1.29 is 22.5 Å². The van der Waals surface area contributed by atoms with Crippen LogP contribution in [-0.2, 0) is 0 Å². The Bertz CT molecular complexity index is 5800. The summed E-state index contributed by atoms with van der Waals surface area (Å²) < 4.78 is 97.2. The van der Waals surface area contributed by atoms with Gasteiger partial charge in [0.05, 0.1) is 13.7 Å². The molecule has 0 bridgehead atoms. The van der Waals surface area contributed by atoms with Crippen LogP contribution in [0.3, 0.4) is 0 Å². The molecule has 0 radical (unpaired) electrons. The Morgan fingerprint density at radius 1 is 0.202 bits per heavy atom. The highest BCUT2D eigenvalue weighted by molar-refractivity contribution is 6.23. The first-order chi connectivity index (χ1) is 45.8. The van der Waals surface area contributed by atoms with E-state index in [0.717, 1.165) is 143 Å². The van der Waals surface area contributed by atoms with Gasteiger partial charge >= 0.3 is 0 Å². The van der Waals surface area contributed by atoms with E-state index in [9.17, 15) is 0 Å². The van der Waals surface area contributed by atoms with E-state index in [2.05, 4.69) is 121 Å². The van der Waals surface area contributed by atoms with Crippen molar-refractivity contribution in [2.45, 2.75) is 0 Å². The Labute approximate surface area is 500 Å². The molecule has 2 heterocycles. The van der Waals surface area contributed by atoms with Crippen LogP contribution < -0.4 is 0 Å². The normalized spacial score (nSPS) is 13.2. The van der Waals surface area contributed by atoms with E-state index in [1.54, 1.807) is 0 Å². The highest BCUT2D eigenvalue weighted by Gasteiger charge is 2.21. The van der Waals surface area contributed by atoms with Crippen molar-refractivity contribution in [2.75, 3.05) is 0 Å². The van der Waals surface area contributed by atoms with Crippen molar-refractivity contribution in [3.63, 3.8) is 0 Å². The Hall–Kier alpha value is -11.1. The Kier molecular flexibility index (Phi) is 9.60. The molecular weight excluding hydrogens is 1020 g/mol. The van der Waals surface area contributed by atoms with Gasteiger partial charge in [0, 0.05) is 27.1 Å². The summed E-state index contributed by atoms with van der Waals surface area (Å²) in [5.41, 5.74) is 15.9. The lowest BCUT2D eigenvalue weighted by molar-refractivity contribution is 0.668. The topological polar surface area (TPSA) is 26.3 Å². The van der Waals surface area contributed by atoms with E-state index >= 15 is 0 Å². The minimum Gasteiger partial charge on any atom is -0.456 e. The van der Waals surface area contributed by atoms with Gasteiger partial charge in [-0.25, -0.2) is 0 Å². The van der Waals surface area contributed by atoms with Gasteiger partial charge in [0.1, 0.15) is 22.3 Å². The second-order valence-electron chi connectivity index (χ2n) is 21.0. The molecule has 0 spiro atoms. The predicted molar refractivity (Wildman–Crippen MR) is 356 cm³/mol. The quantitative estimate of drug-likeness (QED) is 0.149. The molecule has 0 amide bonds. The number of fused-ring (bicyclic) bond motifs is 10. The molecule has 15 aromatic carbocycles. The second-order valence-corrected chi connectivity index (χ2v) is 21.0. The summed E-state index contributed by atoms with van der Waals surface area (Å²) in [4.78, 5) is 0. The molecule has 2 nitrogen and oxygen atoms in total. The maximum absolute atomic E-state index is 8.83. The first-order valence-electron chi connectivity index (χ1n) is 33.0. The number of hydrogen-bond acceptors (Lipinski definition) is 2. The van der Waals surface area contributed by atoms with Crippen molar-refractivity contribution in [1.82, 2.24) is 0 Å². The highest BCUT2D eigenvalue weighted by atomic mass is 16.3. The summed E-state index contributed by atoms with van der Waals surface area (Å²) >= 11 is 0. The molecule has 0 aliphatic carbocycles. The average Bonchev–Trinajstić information content (AvgIpc) is 1.35. The third-order valence-electron chi connectivity index (χ3n) is 16.3. The summed E-state index contributed by atoms with van der Waals surface area (Å²) in [5.74, 6) is 0. The fourth-order valence-corrected chi connectivity index (χ4v) is 12.7. The summed E-state index contributed by atoms with van der Waals surface area (Å²) in [7, 11) is 0. The lowest BCUT2D eigenvalue weighted by atomic mass is 9.85. The van der Waals surface area contributed by atoms with Gasteiger partial charge in [0.2, 0.25) is 0 Å². The van der Waals surface area contributed by atoms with E-state index in [4.69, 9.17) is 22.5 Å². The van der Waals surface area contributed by atoms with Gasteiger partial charge < -0.3 is 8.83 Å². The zero-order valence-corrected chi connectivity index (χ0v) is 45.1. The van der Waals surface area contributed by atoms with E-state index in [-0.39, 0.29) is 59.5 Å². The molecule has 0 fully saturated rings.